The monoisotopic (exact) mass is 575 g/mol. The van der Waals surface area contributed by atoms with E-state index in [4.69, 9.17) is 9.73 Å². The zero-order chi connectivity index (χ0) is 26.3. The number of benzene rings is 2. The third-order valence-electron chi connectivity index (χ3n) is 6.61. The van der Waals surface area contributed by atoms with Crippen LogP contribution in [0.1, 0.15) is 41.9 Å². The minimum absolute atomic E-state index is 0.178. The molecule has 2 aromatic heterocycles. The van der Waals surface area contributed by atoms with Crippen LogP contribution in [0.25, 0.3) is 11.8 Å². The van der Waals surface area contributed by atoms with Gasteiger partial charge in [0.25, 0.3) is 5.56 Å². The van der Waals surface area contributed by atoms with Crippen molar-refractivity contribution in [3.63, 3.8) is 0 Å². The van der Waals surface area contributed by atoms with Crippen molar-refractivity contribution >= 4 is 39.3 Å². The third-order valence-corrected chi connectivity index (χ3v) is 8.12. The van der Waals surface area contributed by atoms with Gasteiger partial charge in [0.2, 0.25) is 0 Å². The largest absolute Gasteiger partial charge is 0.466 e. The standard InChI is InChI=1S/C29H26BrN3O3S/c1-5-23-25(28(35)36-4)26(19-9-7-6-8-10-19)33-27(34)24(37-29(33)31-23)16-20-15-17(2)32(18(20)3)22-13-11-21(30)12-14-22/h6-16,26H,5H2,1-4H3/b24-16+/t26-/m1/s1. The molecule has 2 aromatic carbocycles. The summed E-state index contributed by atoms with van der Waals surface area (Å²) < 4.78 is 10.5. The number of allylic oxidation sites excluding steroid dienone is 1. The molecule has 0 aliphatic carbocycles. The molecule has 5 rings (SSSR count). The summed E-state index contributed by atoms with van der Waals surface area (Å²) in [7, 11) is 1.36. The minimum atomic E-state index is -0.600. The van der Waals surface area contributed by atoms with E-state index in [2.05, 4.69) is 52.5 Å². The number of aryl methyl sites for hydroxylation is 1. The number of rotatable bonds is 5. The summed E-state index contributed by atoms with van der Waals surface area (Å²) in [5.41, 5.74) is 5.83. The van der Waals surface area contributed by atoms with Crippen LogP contribution in [0, 0.1) is 13.8 Å². The number of aromatic nitrogens is 2. The van der Waals surface area contributed by atoms with Crippen LogP contribution in [-0.4, -0.2) is 22.2 Å². The molecular formula is C29H26BrN3O3S. The fraction of sp³-hybridized carbons (Fsp3) is 0.207. The highest BCUT2D eigenvalue weighted by Gasteiger charge is 2.33. The van der Waals surface area contributed by atoms with Crippen LogP contribution in [0.2, 0.25) is 0 Å². The molecule has 3 heterocycles. The number of hydrogen-bond acceptors (Lipinski definition) is 5. The van der Waals surface area contributed by atoms with Gasteiger partial charge in [0.15, 0.2) is 4.80 Å². The first-order chi connectivity index (χ1) is 17.8. The van der Waals surface area contributed by atoms with Crippen molar-refractivity contribution in [1.29, 1.82) is 0 Å². The van der Waals surface area contributed by atoms with Gasteiger partial charge in [0.1, 0.15) is 0 Å². The number of nitrogens with zero attached hydrogens (tertiary/aromatic N) is 3. The zero-order valence-electron chi connectivity index (χ0n) is 21.0. The van der Waals surface area contributed by atoms with Crippen molar-refractivity contribution in [3.05, 3.63) is 119 Å². The lowest BCUT2D eigenvalue weighted by atomic mass is 9.95. The first-order valence-corrected chi connectivity index (χ1v) is 13.6. The average Bonchev–Trinajstić information content (AvgIpc) is 3.37. The van der Waals surface area contributed by atoms with Crippen molar-refractivity contribution in [2.45, 2.75) is 33.2 Å². The van der Waals surface area contributed by atoms with E-state index in [0.717, 1.165) is 32.7 Å². The van der Waals surface area contributed by atoms with Crippen molar-refractivity contribution in [3.8, 4) is 5.69 Å². The minimum Gasteiger partial charge on any atom is -0.466 e. The fourth-order valence-corrected chi connectivity index (χ4v) is 6.15. The molecule has 0 amide bonds. The Labute approximate surface area is 227 Å². The summed E-state index contributed by atoms with van der Waals surface area (Å²) in [6.45, 7) is 6.06. The van der Waals surface area contributed by atoms with Crippen LogP contribution in [0.5, 0.6) is 0 Å². The number of carbonyl (C=O) groups is 1. The molecule has 1 atom stereocenters. The molecule has 37 heavy (non-hydrogen) atoms. The quantitative estimate of drug-likeness (QED) is 0.316. The van der Waals surface area contributed by atoms with Crippen molar-refractivity contribution in [2.75, 3.05) is 7.11 Å². The lowest BCUT2D eigenvalue weighted by Gasteiger charge is -2.25. The van der Waals surface area contributed by atoms with Gasteiger partial charge >= 0.3 is 5.97 Å². The molecule has 1 aliphatic heterocycles. The van der Waals surface area contributed by atoms with E-state index in [-0.39, 0.29) is 5.56 Å². The Bertz CT molecular complexity index is 1710. The Morgan fingerprint density at radius 1 is 1.14 bits per heavy atom. The fourth-order valence-electron chi connectivity index (χ4n) is 4.88. The molecule has 0 radical (unpaired) electrons. The Hall–Kier alpha value is -3.49. The Kier molecular flexibility index (Phi) is 6.88. The summed E-state index contributed by atoms with van der Waals surface area (Å²) in [5.74, 6) is -0.471. The highest BCUT2D eigenvalue weighted by Crippen LogP contribution is 2.31. The van der Waals surface area contributed by atoms with Crippen LogP contribution in [0.4, 0.5) is 0 Å². The normalized spacial score (nSPS) is 15.5. The van der Waals surface area contributed by atoms with Gasteiger partial charge in [-0.05, 0) is 67.8 Å². The molecule has 0 saturated heterocycles. The maximum atomic E-state index is 13.9. The number of ether oxygens (including phenoxy) is 1. The summed E-state index contributed by atoms with van der Waals surface area (Å²) in [6, 6.07) is 19.2. The molecule has 188 valence electrons. The third kappa shape index (κ3) is 4.45. The highest BCUT2D eigenvalue weighted by molar-refractivity contribution is 9.10. The molecule has 4 aromatic rings. The maximum Gasteiger partial charge on any atom is 0.338 e. The van der Waals surface area contributed by atoms with Crippen LogP contribution >= 0.6 is 27.3 Å². The molecular weight excluding hydrogens is 550 g/mol. The second-order valence-corrected chi connectivity index (χ2v) is 10.8. The Morgan fingerprint density at radius 3 is 2.49 bits per heavy atom. The number of hydrogen-bond donors (Lipinski definition) is 0. The number of halogens is 1. The maximum absolute atomic E-state index is 13.9. The molecule has 0 saturated carbocycles. The summed E-state index contributed by atoms with van der Waals surface area (Å²) in [5, 5.41) is 0. The molecule has 1 aliphatic rings. The van der Waals surface area contributed by atoms with E-state index in [9.17, 15) is 9.59 Å². The molecule has 0 spiro atoms. The van der Waals surface area contributed by atoms with Crippen LogP contribution in [-0.2, 0) is 9.53 Å². The lowest BCUT2D eigenvalue weighted by molar-refractivity contribution is -0.136. The van der Waals surface area contributed by atoms with E-state index < -0.39 is 12.0 Å². The van der Waals surface area contributed by atoms with Gasteiger partial charge in [0.05, 0.1) is 29.0 Å². The van der Waals surface area contributed by atoms with Gasteiger partial charge < -0.3 is 9.30 Å². The van der Waals surface area contributed by atoms with E-state index in [1.807, 2.05) is 55.5 Å². The molecule has 8 heteroatoms. The first-order valence-electron chi connectivity index (χ1n) is 12.0. The van der Waals surface area contributed by atoms with Gasteiger partial charge in [-0.25, -0.2) is 9.79 Å². The van der Waals surface area contributed by atoms with Gasteiger partial charge in [-0.2, -0.15) is 0 Å². The van der Waals surface area contributed by atoms with E-state index in [1.54, 1.807) is 4.57 Å². The summed E-state index contributed by atoms with van der Waals surface area (Å²) >= 11 is 4.84. The second-order valence-electron chi connectivity index (χ2n) is 8.84. The summed E-state index contributed by atoms with van der Waals surface area (Å²) in [6.07, 6.45) is 2.48. The number of thiazole rings is 1. The predicted octanol–water partition coefficient (Wildman–Crippen LogP) is 4.97. The lowest BCUT2D eigenvalue weighted by Crippen LogP contribution is -2.40. The molecule has 0 N–H and O–H groups in total. The highest BCUT2D eigenvalue weighted by atomic mass is 79.9. The SMILES string of the molecule is CCC1=C(C(=O)OC)[C@@H](c2ccccc2)n2c(s/c(=C/c3cc(C)n(-c4ccc(Br)cc4)c3C)c2=O)=N1. The first kappa shape index (κ1) is 25.2. The zero-order valence-corrected chi connectivity index (χ0v) is 23.4. The topological polar surface area (TPSA) is 65.6 Å². The Morgan fingerprint density at radius 2 is 1.84 bits per heavy atom. The van der Waals surface area contributed by atoms with Gasteiger partial charge in [0, 0.05) is 21.5 Å². The van der Waals surface area contributed by atoms with E-state index in [0.29, 0.717) is 27.0 Å². The van der Waals surface area contributed by atoms with Crippen molar-refractivity contribution in [2.24, 2.45) is 4.99 Å². The molecule has 0 bridgehead atoms. The van der Waals surface area contributed by atoms with Crippen LogP contribution < -0.4 is 14.9 Å². The van der Waals surface area contributed by atoms with E-state index in [1.165, 1.54) is 18.4 Å². The predicted molar refractivity (Wildman–Crippen MR) is 150 cm³/mol. The number of carbonyl (C=O) groups excluding carboxylic acids is 1. The van der Waals surface area contributed by atoms with E-state index >= 15 is 0 Å². The number of fused-ring (bicyclic) bond motifs is 1. The van der Waals surface area contributed by atoms with Crippen LogP contribution in [0.3, 0.4) is 0 Å². The smallest absolute Gasteiger partial charge is 0.338 e. The molecule has 0 unspecified atom stereocenters. The van der Waals surface area contributed by atoms with Gasteiger partial charge in [-0.3, -0.25) is 9.36 Å². The average molecular weight is 577 g/mol. The molecule has 0 fully saturated rings. The number of methoxy groups -OCH3 is 1. The molecule has 6 nitrogen and oxygen atoms in total. The van der Waals surface area contributed by atoms with Gasteiger partial charge in [-0.1, -0.05) is 64.5 Å². The van der Waals surface area contributed by atoms with Crippen molar-refractivity contribution in [1.82, 2.24) is 9.13 Å². The Balaban J connectivity index is 1.71. The van der Waals surface area contributed by atoms with Gasteiger partial charge in [-0.15, -0.1) is 0 Å². The van der Waals surface area contributed by atoms with Crippen molar-refractivity contribution < 1.29 is 9.53 Å². The number of esters is 1. The van der Waals surface area contributed by atoms with Crippen LogP contribution in [0.15, 0.2) is 86.2 Å². The summed E-state index contributed by atoms with van der Waals surface area (Å²) in [4.78, 5) is 32.1. The second kappa shape index (κ2) is 10.1.